The third-order valence-corrected chi connectivity index (χ3v) is 7.28. The van der Waals surface area contributed by atoms with Crippen LogP contribution in [0.2, 0.25) is 0 Å². The standard InChI is InChI=1S/C15H26N2O2S2/c1-12-3-2-4-13(11-12)8-10-17-21(18,19)15-6-5-14(20-15)7-9-16/h5-6,12-13,17H,2-4,7-11,16H2,1H3. The van der Waals surface area contributed by atoms with Crippen molar-refractivity contribution >= 4 is 21.4 Å². The quantitative estimate of drug-likeness (QED) is 0.807. The van der Waals surface area contributed by atoms with Gasteiger partial charge >= 0.3 is 0 Å². The van der Waals surface area contributed by atoms with Crippen LogP contribution < -0.4 is 10.5 Å². The molecule has 2 unspecified atom stereocenters. The lowest BCUT2D eigenvalue weighted by Crippen LogP contribution is -2.26. The molecule has 0 spiro atoms. The predicted molar refractivity (Wildman–Crippen MR) is 88.0 cm³/mol. The van der Waals surface area contributed by atoms with Crippen LogP contribution in [0, 0.1) is 11.8 Å². The minimum absolute atomic E-state index is 0.406. The molecule has 0 bridgehead atoms. The first-order chi connectivity index (χ1) is 10.0. The van der Waals surface area contributed by atoms with Crippen molar-refractivity contribution in [1.29, 1.82) is 0 Å². The summed E-state index contributed by atoms with van der Waals surface area (Å²) in [6.45, 7) is 3.39. The van der Waals surface area contributed by atoms with Crippen molar-refractivity contribution in [2.24, 2.45) is 17.6 Å². The molecule has 2 rings (SSSR count). The maximum absolute atomic E-state index is 12.2. The molecule has 0 amide bonds. The fourth-order valence-electron chi connectivity index (χ4n) is 3.07. The highest BCUT2D eigenvalue weighted by Crippen LogP contribution is 2.30. The van der Waals surface area contributed by atoms with Gasteiger partial charge in [-0.25, -0.2) is 13.1 Å². The molecule has 1 saturated carbocycles. The van der Waals surface area contributed by atoms with Gasteiger partial charge in [-0.15, -0.1) is 11.3 Å². The van der Waals surface area contributed by atoms with Gasteiger partial charge in [0.05, 0.1) is 0 Å². The summed E-state index contributed by atoms with van der Waals surface area (Å²) in [6, 6.07) is 3.54. The van der Waals surface area contributed by atoms with E-state index in [-0.39, 0.29) is 0 Å². The van der Waals surface area contributed by atoms with Crippen LogP contribution in [-0.4, -0.2) is 21.5 Å². The van der Waals surface area contributed by atoms with Crippen molar-refractivity contribution < 1.29 is 8.42 Å². The van der Waals surface area contributed by atoms with Crippen LogP contribution >= 0.6 is 11.3 Å². The van der Waals surface area contributed by atoms with Crippen LogP contribution in [0.25, 0.3) is 0 Å². The van der Waals surface area contributed by atoms with Crippen molar-refractivity contribution in [3.63, 3.8) is 0 Å². The lowest BCUT2D eigenvalue weighted by Gasteiger charge is -2.26. The van der Waals surface area contributed by atoms with Gasteiger partial charge in [-0.1, -0.05) is 26.2 Å². The third-order valence-electron chi connectivity index (χ3n) is 4.18. The first-order valence-corrected chi connectivity index (χ1v) is 10.1. The molecule has 1 aromatic rings. The van der Waals surface area contributed by atoms with Crippen LogP contribution in [0.4, 0.5) is 0 Å². The highest BCUT2D eigenvalue weighted by molar-refractivity contribution is 7.91. The van der Waals surface area contributed by atoms with E-state index in [1.807, 2.05) is 6.07 Å². The zero-order valence-corrected chi connectivity index (χ0v) is 14.3. The summed E-state index contributed by atoms with van der Waals surface area (Å²) in [4.78, 5) is 1.03. The summed E-state index contributed by atoms with van der Waals surface area (Å²) in [7, 11) is -3.34. The Bertz CT molecular complexity index is 540. The van der Waals surface area contributed by atoms with Gasteiger partial charge in [-0.2, -0.15) is 0 Å². The van der Waals surface area contributed by atoms with Crippen molar-refractivity contribution in [2.45, 2.75) is 49.7 Å². The monoisotopic (exact) mass is 330 g/mol. The molecule has 0 aliphatic heterocycles. The summed E-state index contributed by atoms with van der Waals surface area (Å²) >= 11 is 1.32. The van der Waals surface area contributed by atoms with E-state index in [1.54, 1.807) is 6.07 Å². The molecule has 6 heteroatoms. The SMILES string of the molecule is CC1CCCC(CCNS(=O)(=O)c2ccc(CCN)s2)C1. The first kappa shape index (κ1) is 16.9. The number of nitrogens with two attached hydrogens (primary N) is 1. The Labute approximate surface area is 132 Å². The molecule has 1 heterocycles. The molecule has 0 radical (unpaired) electrons. The fraction of sp³-hybridized carbons (Fsp3) is 0.733. The Hall–Kier alpha value is -0.430. The summed E-state index contributed by atoms with van der Waals surface area (Å²) in [5.74, 6) is 1.46. The van der Waals surface area contributed by atoms with Crippen LogP contribution in [-0.2, 0) is 16.4 Å². The smallest absolute Gasteiger partial charge is 0.250 e. The Balaban J connectivity index is 1.83. The number of rotatable bonds is 7. The van der Waals surface area contributed by atoms with Crippen molar-refractivity contribution in [1.82, 2.24) is 4.72 Å². The van der Waals surface area contributed by atoms with E-state index in [4.69, 9.17) is 5.73 Å². The second-order valence-electron chi connectivity index (χ2n) is 6.08. The molecule has 120 valence electrons. The predicted octanol–water partition coefficient (Wildman–Crippen LogP) is 2.74. The molecule has 3 N–H and O–H groups in total. The summed E-state index contributed by atoms with van der Waals surface area (Å²) in [5.41, 5.74) is 5.49. The molecule has 0 saturated heterocycles. The van der Waals surface area contributed by atoms with E-state index >= 15 is 0 Å². The Morgan fingerprint density at radius 1 is 1.38 bits per heavy atom. The van der Waals surface area contributed by atoms with E-state index in [2.05, 4.69) is 11.6 Å². The van der Waals surface area contributed by atoms with E-state index in [0.29, 0.717) is 23.2 Å². The van der Waals surface area contributed by atoms with E-state index < -0.39 is 10.0 Å². The summed E-state index contributed by atoms with van der Waals surface area (Å²) in [5, 5.41) is 0. The number of hydrogen-bond donors (Lipinski definition) is 2. The van der Waals surface area contributed by atoms with Gasteiger partial charge in [-0.05, 0) is 49.8 Å². The minimum Gasteiger partial charge on any atom is -0.330 e. The Morgan fingerprint density at radius 2 is 2.19 bits per heavy atom. The van der Waals surface area contributed by atoms with Gasteiger partial charge in [0.15, 0.2) is 0 Å². The third kappa shape index (κ3) is 5.06. The second-order valence-corrected chi connectivity index (χ2v) is 9.25. The van der Waals surface area contributed by atoms with E-state index in [9.17, 15) is 8.42 Å². The first-order valence-electron chi connectivity index (χ1n) is 7.79. The average Bonchev–Trinajstić information content (AvgIpc) is 2.88. The second kappa shape index (κ2) is 7.72. The van der Waals surface area contributed by atoms with Gasteiger partial charge in [0.1, 0.15) is 4.21 Å². The molecule has 21 heavy (non-hydrogen) atoms. The van der Waals surface area contributed by atoms with Crippen LogP contribution in [0.1, 0.15) is 43.9 Å². The van der Waals surface area contributed by atoms with E-state index in [1.165, 1.54) is 37.0 Å². The van der Waals surface area contributed by atoms with Gasteiger partial charge in [-0.3, -0.25) is 0 Å². The van der Waals surface area contributed by atoms with Gasteiger partial charge in [0.25, 0.3) is 0 Å². The topological polar surface area (TPSA) is 72.2 Å². The minimum atomic E-state index is -3.34. The fourth-order valence-corrected chi connectivity index (χ4v) is 5.53. The molecular formula is C15H26N2O2S2. The zero-order valence-electron chi connectivity index (χ0n) is 12.7. The van der Waals surface area contributed by atoms with Crippen molar-refractivity contribution in [3.05, 3.63) is 17.0 Å². The van der Waals surface area contributed by atoms with Crippen LogP contribution in [0.5, 0.6) is 0 Å². The average molecular weight is 331 g/mol. The normalized spacial score (nSPS) is 23.3. The summed E-state index contributed by atoms with van der Waals surface area (Å²) < 4.78 is 27.6. The summed E-state index contributed by atoms with van der Waals surface area (Å²) in [6.07, 6.45) is 6.77. The molecule has 0 aromatic carbocycles. The zero-order chi connectivity index (χ0) is 15.3. The van der Waals surface area contributed by atoms with Crippen molar-refractivity contribution in [3.8, 4) is 0 Å². The molecular weight excluding hydrogens is 304 g/mol. The largest absolute Gasteiger partial charge is 0.330 e. The molecule has 1 fully saturated rings. The van der Waals surface area contributed by atoms with E-state index in [0.717, 1.165) is 23.6 Å². The number of thiophene rings is 1. The highest BCUT2D eigenvalue weighted by Gasteiger charge is 2.20. The maximum Gasteiger partial charge on any atom is 0.250 e. The number of nitrogens with one attached hydrogen (secondary N) is 1. The van der Waals surface area contributed by atoms with Gasteiger partial charge < -0.3 is 5.73 Å². The number of sulfonamides is 1. The number of hydrogen-bond acceptors (Lipinski definition) is 4. The lowest BCUT2D eigenvalue weighted by atomic mass is 9.81. The molecule has 2 atom stereocenters. The maximum atomic E-state index is 12.2. The van der Waals surface area contributed by atoms with Gasteiger partial charge in [0, 0.05) is 11.4 Å². The highest BCUT2D eigenvalue weighted by atomic mass is 32.2. The lowest BCUT2D eigenvalue weighted by molar-refractivity contribution is 0.271. The van der Waals surface area contributed by atoms with Crippen molar-refractivity contribution in [2.75, 3.05) is 13.1 Å². The van der Waals surface area contributed by atoms with Crippen LogP contribution in [0.15, 0.2) is 16.3 Å². The van der Waals surface area contributed by atoms with Gasteiger partial charge in [0.2, 0.25) is 10.0 Å². The molecule has 1 aliphatic carbocycles. The Kier molecular flexibility index (Phi) is 6.22. The Morgan fingerprint density at radius 3 is 2.90 bits per heavy atom. The van der Waals surface area contributed by atoms with Crippen LogP contribution in [0.3, 0.4) is 0 Å². The molecule has 4 nitrogen and oxygen atoms in total. The molecule has 1 aromatic heterocycles. The molecule has 1 aliphatic rings.